The zero-order valence-corrected chi connectivity index (χ0v) is 14.3. The molecule has 7 heteroatoms. The van der Waals surface area contributed by atoms with Crippen molar-refractivity contribution in [1.82, 2.24) is 24.8 Å². The predicted octanol–water partition coefficient (Wildman–Crippen LogP) is 2.85. The molecule has 0 saturated carbocycles. The van der Waals surface area contributed by atoms with Crippen LogP contribution in [0.5, 0.6) is 0 Å². The number of aryl methyl sites for hydroxylation is 1. The van der Waals surface area contributed by atoms with Crippen LogP contribution in [0.25, 0.3) is 11.1 Å². The molecule has 3 aromatic rings. The Balaban J connectivity index is 1.57. The van der Waals surface area contributed by atoms with Crippen molar-refractivity contribution in [3.05, 3.63) is 42.0 Å². The van der Waals surface area contributed by atoms with Gasteiger partial charge < -0.3 is 9.42 Å². The minimum absolute atomic E-state index is 0.00917. The number of likely N-dealkylation sites (tertiary alicyclic amines) is 1. The standard InChI is InChI=1S/C18H21N5O2/c1-2-5-16-15-10-13(11-19-17(15)25-21-16)18(24)22-8-3-6-14(12-22)23-9-4-7-20-23/h4,7,9-11,14H,2-3,5-6,8,12H2,1H3. The minimum atomic E-state index is 0.00917. The summed E-state index contributed by atoms with van der Waals surface area (Å²) in [5.41, 5.74) is 1.95. The zero-order chi connectivity index (χ0) is 17.2. The summed E-state index contributed by atoms with van der Waals surface area (Å²) in [5, 5.41) is 9.23. The van der Waals surface area contributed by atoms with Gasteiger partial charge in [-0.3, -0.25) is 9.48 Å². The third-order valence-corrected chi connectivity index (χ3v) is 4.72. The molecule has 1 unspecified atom stereocenters. The monoisotopic (exact) mass is 339 g/mol. The SMILES string of the molecule is CCCc1noc2ncc(C(=O)N3CCCC(n4cccn4)C3)cc12. The molecule has 4 heterocycles. The molecule has 0 spiro atoms. The fourth-order valence-corrected chi connectivity index (χ4v) is 3.45. The second-order valence-electron chi connectivity index (χ2n) is 6.49. The molecule has 1 amide bonds. The number of amides is 1. The summed E-state index contributed by atoms with van der Waals surface area (Å²) in [5.74, 6) is 0.00917. The van der Waals surface area contributed by atoms with Crippen LogP contribution in [0.2, 0.25) is 0 Å². The highest BCUT2D eigenvalue weighted by atomic mass is 16.5. The van der Waals surface area contributed by atoms with Gasteiger partial charge >= 0.3 is 0 Å². The van der Waals surface area contributed by atoms with E-state index in [0.717, 1.165) is 43.3 Å². The summed E-state index contributed by atoms with van der Waals surface area (Å²) in [6.45, 7) is 3.52. The van der Waals surface area contributed by atoms with Crippen LogP contribution in [0, 0.1) is 0 Å². The van der Waals surface area contributed by atoms with Gasteiger partial charge in [-0.2, -0.15) is 5.10 Å². The Hall–Kier alpha value is -2.70. The van der Waals surface area contributed by atoms with E-state index >= 15 is 0 Å². The van der Waals surface area contributed by atoms with Gasteiger partial charge in [-0.05, 0) is 31.4 Å². The van der Waals surface area contributed by atoms with Crippen molar-refractivity contribution < 1.29 is 9.32 Å². The molecule has 0 aromatic carbocycles. The molecule has 0 radical (unpaired) electrons. The first-order chi connectivity index (χ1) is 12.3. The van der Waals surface area contributed by atoms with Crippen LogP contribution in [0.4, 0.5) is 0 Å². The lowest BCUT2D eigenvalue weighted by Crippen LogP contribution is -2.40. The molecule has 0 bridgehead atoms. The number of fused-ring (bicyclic) bond motifs is 1. The molecule has 7 nitrogen and oxygen atoms in total. The lowest BCUT2D eigenvalue weighted by atomic mass is 10.0. The largest absolute Gasteiger partial charge is 0.336 e. The van der Waals surface area contributed by atoms with Crippen molar-refractivity contribution in [2.24, 2.45) is 0 Å². The molecule has 1 saturated heterocycles. The number of piperidine rings is 1. The van der Waals surface area contributed by atoms with E-state index in [1.165, 1.54) is 0 Å². The van der Waals surface area contributed by atoms with Gasteiger partial charge in [0.05, 0.1) is 22.7 Å². The second kappa shape index (κ2) is 6.66. The molecule has 1 atom stereocenters. The van der Waals surface area contributed by atoms with Gasteiger partial charge in [-0.25, -0.2) is 4.98 Å². The van der Waals surface area contributed by atoms with Crippen LogP contribution < -0.4 is 0 Å². The Labute approximate surface area is 145 Å². The smallest absolute Gasteiger partial charge is 0.257 e. The number of hydrogen-bond donors (Lipinski definition) is 0. The Morgan fingerprint density at radius 3 is 3.16 bits per heavy atom. The van der Waals surface area contributed by atoms with Crippen molar-refractivity contribution in [2.75, 3.05) is 13.1 Å². The molecule has 130 valence electrons. The van der Waals surface area contributed by atoms with E-state index < -0.39 is 0 Å². The summed E-state index contributed by atoms with van der Waals surface area (Å²) in [6.07, 6.45) is 9.12. The van der Waals surface area contributed by atoms with E-state index in [0.29, 0.717) is 17.8 Å². The number of nitrogens with zero attached hydrogens (tertiary/aromatic N) is 5. The van der Waals surface area contributed by atoms with E-state index in [2.05, 4.69) is 22.2 Å². The molecule has 4 rings (SSSR count). The number of aromatic nitrogens is 4. The minimum Gasteiger partial charge on any atom is -0.336 e. The number of carbonyl (C=O) groups is 1. The summed E-state index contributed by atoms with van der Waals surface area (Å²) in [6, 6.07) is 4.01. The molecule has 1 fully saturated rings. The van der Waals surface area contributed by atoms with Crippen molar-refractivity contribution in [3.8, 4) is 0 Å². The van der Waals surface area contributed by atoms with Crippen LogP contribution in [0.3, 0.4) is 0 Å². The highest BCUT2D eigenvalue weighted by Gasteiger charge is 2.26. The molecule has 0 N–H and O–H groups in total. The summed E-state index contributed by atoms with van der Waals surface area (Å²) >= 11 is 0. The van der Waals surface area contributed by atoms with Crippen LogP contribution in [-0.4, -0.2) is 43.8 Å². The van der Waals surface area contributed by atoms with E-state index in [4.69, 9.17) is 4.52 Å². The van der Waals surface area contributed by atoms with Gasteiger partial charge in [0.25, 0.3) is 11.6 Å². The van der Waals surface area contributed by atoms with Crippen LogP contribution in [0.15, 0.2) is 35.2 Å². The van der Waals surface area contributed by atoms with E-state index in [1.807, 2.05) is 27.9 Å². The maximum atomic E-state index is 13.0. The van der Waals surface area contributed by atoms with E-state index in [9.17, 15) is 4.79 Å². The van der Waals surface area contributed by atoms with Crippen LogP contribution in [-0.2, 0) is 6.42 Å². The molecule has 1 aliphatic rings. The number of pyridine rings is 1. The quantitative estimate of drug-likeness (QED) is 0.730. The first-order valence-electron chi connectivity index (χ1n) is 8.79. The van der Waals surface area contributed by atoms with E-state index in [1.54, 1.807) is 12.4 Å². The third-order valence-electron chi connectivity index (χ3n) is 4.72. The van der Waals surface area contributed by atoms with Crippen molar-refractivity contribution >= 4 is 17.0 Å². The summed E-state index contributed by atoms with van der Waals surface area (Å²) < 4.78 is 7.19. The molecule has 25 heavy (non-hydrogen) atoms. The van der Waals surface area contributed by atoms with Gasteiger partial charge in [0.2, 0.25) is 0 Å². The van der Waals surface area contributed by atoms with Crippen molar-refractivity contribution in [1.29, 1.82) is 0 Å². The highest BCUT2D eigenvalue weighted by Crippen LogP contribution is 2.24. The predicted molar refractivity (Wildman–Crippen MR) is 92.2 cm³/mol. The summed E-state index contributed by atoms with van der Waals surface area (Å²) in [7, 11) is 0. The number of hydrogen-bond acceptors (Lipinski definition) is 5. The molecular weight excluding hydrogens is 318 g/mol. The van der Waals surface area contributed by atoms with Crippen molar-refractivity contribution in [3.63, 3.8) is 0 Å². The Bertz CT molecular complexity index is 871. The van der Waals surface area contributed by atoms with Gasteiger partial charge in [0.1, 0.15) is 0 Å². The number of rotatable bonds is 4. The number of carbonyl (C=O) groups excluding carboxylic acids is 1. The molecule has 3 aromatic heterocycles. The first kappa shape index (κ1) is 15.8. The fourth-order valence-electron chi connectivity index (χ4n) is 3.45. The third kappa shape index (κ3) is 3.01. The van der Waals surface area contributed by atoms with Gasteiger partial charge in [0.15, 0.2) is 0 Å². The van der Waals surface area contributed by atoms with Gasteiger partial charge in [0, 0.05) is 31.7 Å². The average Bonchev–Trinajstić information content (AvgIpc) is 3.32. The Kier molecular flexibility index (Phi) is 4.21. The molecular formula is C18H21N5O2. The summed E-state index contributed by atoms with van der Waals surface area (Å²) in [4.78, 5) is 19.1. The Morgan fingerprint density at radius 2 is 2.36 bits per heavy atom. The molecule has 1 aliphatic heterocycles. The molecule has 0 aliphatic carbocycles. The lowest BCUT2D eigenvalue weighted by Gasteiger charge is -2.32. The topological polar surface area (TPSA) is 77.0 Å². The van der Waals surface area contributed by atoms with Gasteiger partial charge in [-0.15, -0.1) is 0 Å². The second-order valence-corrected chi connectivity index (χ2v) is 6.49. The first-order valence-corrected chi connectivity index (χ1v) is 8.79. The average molecular weight is 339 g/mol. The maximum Gasteiger partial charge on any atom is 0.257 e. The zero-order valence-electron chi connectivity index (χ0n) is 14.3. The fraction of sp³-hybridized carbons (Fsp3) is 0.444. The van der Waals surface area contributed by atoms with Crippen LogP contribution in [0.1, 0.15) is 48.3 Å². The van der Waals surface area contributed by atoms with Crippen molar-refractivity contribution in [2.45, 2.75) is 38.6 Å². The normalized spacial score (nSPS) is 18.0. The maximum absolute atomic E-state index is 13.0. The van der Waals surface area contributed by atoms with Gasteiger partial charge in [-0.1, -0.05) is 18.5 Å². The highest BCUT2D eigenvalue weighted by molar-refractivity contribution is 5.97. The van der Waals surface area contributed by atoms with E-state index in [-0.39, 0.29) is 11.9 Å². The lowest BCUT2D eigenvalue weighted by molar-refractivity contribution is 0.0672. The Morgan fingerprint density at radius 1 is 1.44 bits per heavy atom. The van der Waals surface area contributed by atoms with Crippen LogP contribution >= 0.6 is 0 Å².